The van der Waals surface area contributed by atoms with Crippen LogP contribution in [0.2, 0.25) is 0 Å². The number of carbonyl (C=O) groups excluding carboxylic acids is 1. The zero-order valence-electron chi connectivity index (χ0n) is 8.81. The maximum Gasteiger partial charge on any atom is 0.241 e. The number of rotatable bonds is 6. The second-order valence-electron chi connectivity index (χ2n) is 3.27. The Bertz CT molecular complexity index is 311. The van der Waals surface area contributed by atoms with Gasteiger partial charge in [-0.2, -0.15) is 0 Å². The van der Waals surface area contributed by atoms with Gasteiger partial charge in [0.05, 0.1) is 12.8 Å². The number of carbonyl (C=O) groups is 1. The zero-order chi connectivity index (χ0) is 11.1. The predicted octanol–water partition coefficient (Wildman–Crippen LogP) is -0.313. The number of aliphatic hydroxyl groups is 1. The number of nitrogens with one attached hydrogen (secondary N) is 1. The molecule has 84 valence electrons. The molecule has 0 fully saturated rings. The third-order valence-corrected chi connectivity index (χ3v) is 1.91. The minimum Gasteiger partial charge on any atom is -0.390 e. The van der Waals surface area contributed by atoms with Gasteiger partial charge in [-0.1, -0.05) is 18.6 Å². The summed E-state index contributed by atoms with van der Waals surface area (Å²) in [5.41, 5.74) is 0.469. The maximum absolute atomic E-state index is 11.3. The Labute approximate surface area is 88.3 Å². The van der Waals surface area contributed by atoms with Gasteiger partial charge in [-0.25, -0.2) is 4.68 Å². The highest BCUT2D eigenvalue weighted by Gasteiger charge is 2.04. The highest BCUT2D eigenvalue weighted by Crippen LogP contribution is 1.92. The number of hydrogen-bond acceptors (Lipinski definition) is 4. The molecule has 1 aromatic rings. The van der Waals surface area contributed by atoms with E-state index in [1.807, 2.05) is 0 Å². The predicted molar refractivity (Wildman–Crippen MR) is 53.9 cm³/mol. The standard InChI is InChI=1S/C9H16N4O2/c1-2-3-4-10-9(15)6-13-5-8(7-14)11-12-13/h5,14H,2-4,6-7H2,1H3,(H,10,15). The quantitative estimate of drug-likeness (QED) is 0.634. The van der Waals surface area contributed by atoms with E-state index < -0.39 is 0 Å². The van der Waals surface area contributed by atoms with Crippen molar-refractivity contribution in [3.8, 4) is 0 Å². The van der Waals surface area contributed by atoms with Crippen molar-refractivity contribution >= 4 is 5.91 Å². The average Bonchev–Trinajstić information content (AvgIpc) is 2.66. The van der Waals surface area contributed by atoms with E-state index in [0.717, 1.165) is 12.8 Å². The molecule has 0 saturated heterocycles. The van der Waals surface area contributed by atoms with Crippen LogP contribution in [0.25, 0.3) is 0 Å². The van der Waals surface area contributed by atoms with E-state index in [2.05, 4.69) is 22.6 Å². The summed E-state index contributed by atoms with van der Waals surface area (Å²) < 4.78 is 1.41. The Morgan fingerprint density at radius 1 is 1.67 bits per heavy atom. The first-order valence-corrected chi connectivity index (χ1v) is 5.02. The third kappa shape index (κ3) is 4.07. The maximum atomic E-state index is 11.3. The Morgan fingerprint density at radius 2 is 2.47 bits per heavy atom. The lowest BCUT2D eigenvalue weighted by atomic mass is 10.3. The minimum atomic E-state index is -0.155. The molecule has 1 heterocycles. The van der Waals surface area contributed by atoms with Gasteiger partial charge in [0.25, 0.3) is 0 Å². The monoisotopic (exact) mass is 212 g/mol. The molecule has 2 N–H and O–H groups in total. The van der Waals surface area contributed by atoms with Crippen molar-refractivity contribution in [2.45, 2.75) is 32.9 Å². The van der Waals surface area contributed by atoms with Gasteiger partial charge in [0.15, 0.2) is 0 Å². The Hall–Kier alpha value is -1.43. The Morgan fingerprint density at radius 3 is 3.07 bits per heavy atom. The number of aliphatic hydroxyl groups excluding tert-OH is 1. The lowest BCUT2D eigenvalue weighted by Gasteiger charge is -2.02. The molecule has 0 aliphatic rings. The molecule has 0 saturated carbocycles. The fourth-order valence-electron chi connectivity index (χ4n) is 1.10. The van der Waals surface area contributed by atoms with Crippen LogP contribution in [-0.2, 0) is 17.9 Å². The van der Waals surface area contributed by atoms with Gasteiger partial charge >= 0.3 is 0 Å². The van der Waals surface area contributed by atoms with Crippen molar-refractivity contribution < 1.29 is 9.90 Å². The second kappa shape index (κ2) is 6.13. The van der Waals surface area contributed by atoms with Gasteiger partial charge in [-0.15, -0.1) is 5.10 Å². The molecular weight excluding hydrogens is 196 g/mol. The third-order valence-electron chi connectivity index (χ3n) is 1.91. The van der Waals surface area contributed by atoms with Gasteiger partial charge in [-0.05, 0) is 6.42 Å². The summed E-state index contributed by atoms with van der Waals surface area (Å²) in [5.74, 6) is -0.0853. The molecule has 0 spiro atoms. The molecule has 0 aliphatic heterocycles. The molecule has 0 bridgehead atoms. The highest BCUT2D eigenvalue weighted by atomic mass is 16.3. The van der Waals surface area contributed by atoms with Crippen molar-refractivity contribution in [3.63, 3.8) is 0 Å². The van der Waals surface area contributed by atoms with Crippen molar-refractivity contribution in [2.75, 3.05) is 6.54 Å². The van der Waals surface area contributed by atoms with Crippen LogP contribution in [0.3, 0.4) is 0 Å². The summed E-state index contributed by atoms with van der Waals surface area (Å²) in [4.78, 5) is 11.3. The fourth-order valence-corrected chi connectivity index (χ4v) is 1.10. The number of aromatic nitrogens is 3. The molecule has 0 aliphatic carbocycles. The molecule has 0 aromatic carbocycles. The van der Waals surface area contributed by atoms with Gasteiger partial charge < -0.3 is 10.4 Å². The van der Waals surface area contributed by atoms with E-state index in [1.165, 1.54) is 4.68 Å². The topological polar surface area (TPSA) is 80.0 Å². The summed E-state index contributed by atoms with van der Waals surface area (Å²) in [6.45, 7) is 2.75. The highest BCUT2D eigenvalue weighted by molar-refractivity contribution is 5.75. The first-order chi connectivity index (χ1) is 7.26. The van der Waals surface area contributed by atoms with E-state index in [9.17, 15) is 4.79 Å². The molecule has 15 heavy (non-hydrogen) atoms. The van der Waals surface area contributed by atoms with Crippen molar-refractivity contribution in [1.82, 2.24) is 20.3 Å². The molecule has 0 atom stereocenters. The molecule has 1 rings (SSSR count). The number of amides is 1. The summed E-state index contributed by atoms with van der Waals surface area (Å²) >= 11 is 0. The van der Waals surface area contributed by atoms with Crippen LogP contribution in [-0.4, -0.2) is 32.6 Å². The summed E-state index contributed by atoms with van der Waals surface area (Å²) in [5, 5.41) is 18.9. The molecular formula is C9H16N4O2. The van der Waals surface area contributed by atoms with Gasteiger partial charge in [0, 0.05) is 6.54 Å². The lowest BCUT2D eigenvalue weighted by Crippen LogP contribution is -2.28. The molecule has 1 aromatic heterocycles. The summed E-state index contributed by atoms with van der Waals surface area (Å²) in [7, 11) is 0. The van der Waals surface area contributed by atoms with Crippen LogP contribution in [0.4, 0.5) is 0 Å². The van der Waals surface area contributed by atoms with E-state index in [1.54, 1.807) is 6.20 Å². The normalized spacial score (nSPS) is 10.3. The van der Waals surface area contributed by atoms with Crippen LogP contribution in [0.5, 0.6) is 0 Å². The van der Waals surface area contributed by atoms with E-state index >= 15 is 0 Å². The molecule has 0 unspecified atom stereocenters. The summed E-state index contributed by atoms with van der Waals surface area (Å²) in [6, 6.07) is 0. The van der Waals surface area contributed by atoms with E-state index in [0.29, 0.717) is 12.2 Å². The Kier molecular flexibility index (Phi) is 4.76. The average molecular weight is 212 g/mol. The molecule has 6 nitrogen and oxygen atoms in total. The van der Waals surface area contributed by atoms with Crippen molar-refractivity contribution in [3.05, 3.63) is 11.9 Å². The minimum absolute atomic E-state index is 0.0853. The molecule has 1 amide bonds. The first-order valence-electron chi connectivity index (χ1n) is 5.02. The van der Waals surface area contributed by atoms with Crippen LogP contribution in [0, 0.1) is 0 Å². The number of hydrogen-bond donors (Lipinski definition) is 2. The van der Waals surface area contributed by atoms with Gasteiger partial charge in [0.1, 0.15) is 12.2 Å². The van der Waals surface area contributed by atoms with Gasteiger partial charge in [0.2, 0.25) is 5.91 Å². The zero-order valence-corrected chi connectivity index (χ0v) is 8.81. The van der Waals surface area contributed by atoms with Crippen molar-refractivity contribution in [2.24, 2.45) is 0 Å². The van der Waals surface area contributed by atoms with Crippen LogP contribution < -0.4 is 5.32 Å². The van der Waals surface area contributed by atoms with Gasteiger partial charge in [-0.3, -0.25) is 4.79 Å². The van der Waals surface area contributed by atoms with Crippen LogP contribution in [0.1, 0.15) is 25.5 Å². The van der Waals surface area contributed by atoms with E-state index in [4.69, 9.17) is 5.11 Å². The SMILES string of the molecule is CCCCNC(=O)Cn1cc(CO)nn1. The number of nitrogens with zero attached hydrogens (tertiary/aromatic N) is 3. The van der Waals surface area contributed by atoms with Crippen molar-refractivity contribution in [1.29, 1.82) is 0 Å². The largest absolute Gasteiger partial charge is 0.390 e. The molecule has 6 heteroatoms. The van der Waals surface area contributed by atoms with Crippen LogP contribution >= 0.6 is 0 Å². The second-order valence-corrected chi connectivity index (χ2v) is 3.27. The summed E-state index contributed by atoms with van der Waals surface area (Å²) in [6.07, 6.45) is 3.59. The lowest BCUT2D eigenvalue weighted by molar-refractivity contribution is -0.121. The number of unbranched alkanes of at least 4 members (excludes halogenated alkanes) is 1. The first kappa shape index (κ1) is 11.6. The van der Waals surface area contributed by atoms with E-state index in [-0.39, 0.29) is 19.1 Å². The Balaban J connectivity index is 2.31. The van der Waals surface area contributed by atoms with Crippen LogP contribution in [0.15, 0.2) is 6.20 Å². The molecule has 0 radical (unpaired) electrons. The smallest absolute Gasteiger partial charge is 0.241 e. The fraction of sp³-hybridized carbons (Fsp3) is 0.667.